The van der Waals surface area contributed by atoms with Crippen molar-refractivity contribution in [3.63, 3.8) is 0 Å². The maximum absolute atomic E-state index is 13.5. The Bertz CT molecular complexity index is 653. The largest absolute Gasteiger partial charge is 0.386 e. The molecule has 0 spiro atoms. The SMILES string of the molecule is Cc1nccn1CCCC(=O)NCC(O)c1c(F)cccc1F. The molecule has 0 aliphatic carbocycles. The van der Waals surface area contributed by atoms with Gasteiger partial charge in [0, 0.05) is 31.9 Å². The number of benzene rings is 1. The Morgan fingerprint density at radius 3 is 2.70 bits per heavy atom. The second-order valence-electron chi connectivity index (χ2n) is 5.23. The smallest absolute Gasteiger partial charge is 0.220 e. The number of halogens is 2. The van der Waals surface area contributed by atoms with Crippen molar-refractivity contribution in [1.29, 1.82) is 0 Å². The van der Waals surface area contributed by atoms with E-state index in [1.807, 2.05) is 17.7 Å². The Morgan fingerprint density at radius 1 is 1.39 bits per heavy atom. The lowest BCUT2D eigenvalue weighted by Crippen LogP contribution is -2.29. The fraction of sp³-hybridized carbons (Fsp3) is 0.375. The molecule has 0 fully saturated rings. The minimum Gasteiger partial charge on any atom is -0.386 e. The van der Waals surface area contributed by atoms with Crippen molar-refractivity contribution < 1.29 is 18.7 Å². The summed E-state index contributed by atoms with van der Waals surface area (Å²) in [5.74, 6) is -1.07. The second-order valence-corrected chi connectivity index (χ2v) is 5.23. The zero-order valence-corrected chi connectivity index (χ0v) is 12.8. The first-order valence-corrected chi connectivity index (χ1v) is 7.35. The fourth-order valence-electron chi connectivity index (χ4n) is 2.28. The number of aliphatic hydroxyl groups is 1. The highest BCUT2D eigenvalue weighted by Crippen LogP contribution is 2.19. The first kappa shape index (κ1) is 17.1. The predicted octanol–water partition coefficient (Wildman–Crippen LogP) is 2.10. The average molecular weight is 323 g/mol. The average Bonchev–Trinajstić information content (AvgIpc) is 2.90. The lowest BCUT2D eigenvalue weighted by Gasteiger charge is -2.14. The highest BCUT2D eigenvalue weighted by Gasteiger charge is 2.18. The standard InChI is InChI=1S/C16H19F2N3O2/c1-11-19-7-9-21(11)8-3-6-15(23)20-10-14(22)16-12(17)4-2-5-13(16)18/h2,4-5,7,9,14,22H,3,6,8,10H2,1H3,(H,20,23). The van der Waals surface area contributed by atoms with E-state index >= 15 is 0 Å². The van der Waals surface area contributed by atoms with Gasteiger partial charge in [0.2, 0.25) is 5.91 Å². The van der Waals surface area contributed by atoms with Gasteiger partial charge in [0.15, 0.2) is 0 Å². The highest BCUT2D eigenvalue weighted by atomic mass is 19.1. The lowest BCUT2D eigenvalue weighted by molar-refractivity contribution is -0.121. The summed E-state index contributed by atoms with van der Waals surface area (Å²) < 4.78 is 28.9. The molecule has 0 radical (unpaired) electrons. The maximum atomic E-state index is 13.5. The van der Waals surface area contributed by atoms with E-state index < -0.39 is 23.3 Å². The Morgan fingerprint density at radius 2 is 2.09 bits per heavy atom. The monoisotopic (exact) mass is 323 g/mol. The summed E-state index contributed by atoms with van der Waals surface area (Å²) in [7, 11) is 0. The number of rotatable bonds is 7. The molecule has 7 heteroatoms. The summed E-state index contributed by atoms with van der Waals surface area (Å²) in [5, 5.41) is 12.3. The number of carbonyl (C=O) groups excluding carboxylic acids is 1. The van der Waals surface area contributed by atoms with Gasteiger partial charge in [0.1, 0.15) is 23.6 Å². The van der Waals surface area contributed by atoms with Crippen LogP contribution in [0.3, 0.4) is 0 Å². The number of nitrogens with one attached hydrogen (secondary N) is 1. The Labute approximate surface area is 133 Å². The van der Waals surface area contributed by atoms with Gasteiger partial charge >= 0.3 is 0 Å². The number of nitrogens with zero attached hydrogens (tertiary/aromatic N) is 2. The van der Waals surface area contributed by atoms with Crippen LogP contribution in [0.25, 0.3) is 0 Å². The number of hydrogen-bond acceptors (Lipinski definition) is 3. The number of aromatic nitrogens is 2. The summed E-state index contributed by atoms with van der Waals surface area (Å²) in [4.78, 5) is 15.8. The van der Waals surface area contributed by atoms with Crippen LogP contribution >= 0.6 is 0 Å². The molecule has 0 bridgehead atoms. The molecule has 5 nitrogen and oxygen atoms in total. The molecule has 1 unspecified atom stereocenters. The Balaban J connectivity index is 1.77. The van der Waals surface area contributed by atoms with E-state index in [2.05, 4.69) is 10.3 Å². The third kappa shape index (κ3) is 4.59. The van der Waals surface area contributed by atoms with Crippen LogP contribution in [0.15, 0.2) is 30.6 Å². The quantitative estimate of drug-likeness (QED) is 0.820. The molecule has 1 atom stereocenters. The molecule has 124 valence electrons. The minimum atomic E-state index is -1.42. The number of amides is 1. The predicted molar refractivity (Wildman–Crippen MR) is 80.5 cm³/mol. The van der Waals surface area contributed by atoms with E-state index in [-0.39, 0.29) is 18.9 Å². The van der Waals surface area contributed by atoms with Gasteiger partial charge in [-0.25, -0.2) is 13.8 Å². The molecule has 2 N–H and O–H groups in total. The first-order chi connectivity index (χ1) is 11.0. The Kier molecular flexibility index (Phi) is 5.81. The molecule has 23 heavy (non-hydrogen) atoms. The molecule has 2 rings (SSSR count). The van der Waals surface area contributed by atoms with Gasteiger partial charge in [-0.3, -0.25) is 4.79 Å². The van der Waals surface area contributed by atoms with E-state index in [0.717, 1.165) is 18.0 Å². The van der Waals surface area contributed by atoms with Crippen molar-refractivity contribution in [2.24, 2.45) is 0 Å². The number of aliphatic hydroxyl groups excluding tert-OH is 1. The van der Waals surface area contributed by atoms with Crippen LogP contribution in [0.1, 0.15) is 30.3 Å². The molecule has 1 aromatic carbocycles. The van der Waals surface area contributed by atoms with Crippen LogP contribution in [-0.2, 0) is 11.3 Å². The molecular formula is C16H19F2N3O2. The van der Waals surface area contributed by atoms with Crippen molar-refractivity contribution in [2.75, 3.05) is 6.54 Å². The molecule has 0 saturated heterocycles. The number of hydrogen-bond donors (Lipinski definition) is 2. The van der Waals surface area contributed by atoms with E-state index in [1.165, 1.54) is 6.07 Å². The summed E-state index contributed by atoms with van der Waals surface area (Å²) in [6, 6.07) is 3.35. The number of carbonyl (C=O) groups is 1. The molecular weight excluding hydrogens is 304 g/mol. The fourth-order valence-corrected chi connectivity index (χ4v) is 2.28. The van der Waals surface area contributed by atoms with Crippen LogP contribution in [0.2, 0.25) is 0 Å². The van der Waals surface area contributed by atoms with Gasteiger partial charge in [0.05, 0.1) is 5.56 Å². The maximum Gasteiger partial charge on any atom is 0.220 e. The van der Waals surface area contributed by atoms with Crippen LogP contribution in [0, 0.1) is 18.6 Å². The van der Waals surface area contributed by atoms with Crippen molar-refractivity contribution in [3.05, 3.63) is 53.6 Å². The van der Waals surface area contributed by atoms with Gasteiger partial charge in [-0.1, -0.05) is 6.07 Å². The topological polar surface area (TPSA) is 67.2 Å². The zero-order chi connectivity index (χ0) is 16.8. The number of imidazole rings is 1. The van der Waals surface area contributed by atoms with Gasteiger partial charge in [-0.05, 0) is 25.5 Å². The van der Waals surface area contributed by atoms with Crippen molar-refractivity contribution in [1.82, 2.24) is 14.9 Å². The molecule has 1 aromatic heterocycles. The van der Waals surface area contributed by atoms with Crippen molar-refractivity contribution >= 4 is 5.91 Å². The minimum absolute atomic E-state index is 0.235. The lowest BCUT2D eigenvalue weighted by atomic mass is 10.1. The Hall–Kier alpha value is -2.28. The molecule has 0 aliphatic rings. The highest BCUT2D eigenvalue weighted by molar-refractivity contribution is 5.75. The molecule has 0 saturated carbocycles. The summed E-state index contributed by atoms with van der Waals surface area (Å²) in [6.45, 7) is 2.30. The van der Waals surface area contributed by atoms with E-state index in [0.29, 0.717) is 13.0 Å². The number of aryl methyl sites for hydroxylation is 2. The van der Waals surface area contributed by atoms with Crippen LogP contribution in [0.4, 0.5) is 8.78 Å². The van der Waals surface area contributed by atoms with Gasteiger partial charge in [-0.15, -0.1) is 0 Å². The third-order valence-corrected chi connectivity index (χ3v) is 3.55. The van der Waals surface area contributed by atoms with Crippen LogP contribution < -0.4 is 5.32 Å². The molecule has 0 aliphatic heterocycles. The molecule has 1 amide bonds. The third-order valence-electron chi connectivity index (χ3n) is 3.55. The van der Waals surface area contributed by atoms with E-state index in [1.54, 1.807) is 6.20 Å². The zero-order valence-electron chi connectivity index (χ0n) is 12.8. The van der Waals surface area contributed by atoms with Crippen LogP contribution in [-0.4, -0.2) is 27.1 Å². The second kappa shape index (κ2) is 7.82. The normalized spacial score (nSPS) is 12.2. The summed E-state index contributed by atoms with van der Waals surface area (Å²) >= 11 is 0. The van der Waals surface area contributed by atoms with Gasteiger partial charge < -0.3 is 15.0 Å². The van der Waals surface area contributed by atoms with E-state index in [4.69, 9.17) is 0 Å². The summed E-state index contributed by atoms with van der Waals surface area (Å²) in [6.07, 6.45) is 2.96. The van der Waals surface area contributed by atoms with Gasteiger partial charge in [0.25, 0.3) is 0 Å². The van der Waals surface area contributed by atoms with Gasteiger partial charge in [-0.2, -0.15) is 0 Å². The first-order valence-electron chi connectivity index (χ1n) is 7.35. The summed E-state index contributed by atoms with van der Waals surface area (Å²) in [5.41, 5.74) is -0.429. The van der Waals surface area contributed by atoms with Crippen molar-refractivity contribution in [3.8, 4) is 0 Å². The van der Waals surface area contributed by atoms with Crippen molar-refractivity contribution in [2.45, 2.75) is 32.4 Å². The van der Waals surface area contributed by atoms with E-state index in [9.17, 15) is 18.7 Å². The molecule has 1 heterocycles. The van der Waals surface area contributed by atoms with Crippen LogP contribution in [0.5, 0.6) is 0 Å². The molecule has 2 aromatic rings.